The summed E-state index contributed by atoms with van der Waals surface area (Å²) in [5.41, 5.74) is 0.517. The molecular formula is C12H14N2O3S. The van der Waals surface area contributed by atoms with Crippen LogP contribution in [0.1, 0.15) is 5.69 Å². The predicted octanol–water partition coefficient (Wildman–Crippen LogP) is 1.40. The molecule has 5 nitrogen and oxygen atoms in total. The average Bonchev–Trinajstić information content (AvgIpc) is 2.74. The van der Waals surface area contributed by atoms with E-state index < -0.39 is 9.84 Å². The molecule has 0 atom stereocenters. The molecule has 0 saturated heterocycles. The van der Waals surface area contributed by atoms with Crippen LogP contribution in [0.4, 0.5) is 0 Å². The quantitative estimate of drug-likeness (QED) is 0.839. The van der Waals surface area contributed by atoms with Crippen molar-refractivity contribution in [1.82, 2.24) is 9.78 Å². The van der Waals surface area contributed by atoms with Gasteiger partial charge in [0.05, 0.1) is 18.6 Å². The van der Waals surface area contributed by atoms with Crippen LogP contribution < -0.4 is 4.74 Å². The summed E-state index contributed by atoms with van der Waals surface area (Å²) in [6.07, 6.45) is 1.72. The van der Waals surface area contributed by atoms with E-state index in [9.17, 15) is 8.42 Å². The van der Waals surface area contributed by atoms with Gasteiger partial charge in [-0.05, 0) is 18.2 Å². The highest BCUT2D eigenvalue weighted by Crippen LogP contribution is 2.25. The van der Waals surface area contributed by atoms with Crippen molar-refractivity contribution in [1.29, 1.82) is 0 Å². The molecule has 0 saturated carbocycles. The van der Waals surface area contributed by atoms with Gasteiger partial charge in [0, 0.05) is 13.2 Å². The van der Waals surface area contributed by atoms with E-state index in [4.69, 9.17) is 4.74 Å². The molecule has 1 heterocycles. The molecule has 0 aliphatic carbocycles. The molecular weight excluding hydrogens is 252 g/mol. The Labute approximate surface area is 106 Å². The zero-order chi connectivity index (χ0) is 13.2. The van der Waals surface area contributed by atoms with Crippen molar-refractivity contribution in [3.05, 3.63) is 42.2 Å². The number of para-hydroxylation sites is 1. The summed E-state index contributed by atoms with van der Waals surface area (Å²) in [7, 11) is -0.241. The highest BCUT2D eigenvalue weighted by atomic mass is 32.2. The minimum atomic E-state index is -3.44. The lowest BCUT2D eigenvalue weighted by molar-refractivity contribution is 0.402. The van der Waals surface area contributed by atoms with Gasteiger partial charge in [-0.15, -0.1) is 0 Å². The van der Waals surface area contributed by atoms with Gasteiger partial charge in [-0.3, -0.25) is 4.68 Å². The largest absolute Gasteiger partial charge is 0.495 e. The van der Waals surface area contributed by atoms with Crippen LogP contribution in [0.25, 0.3) is 0 Å². The van der Waals surface area contributed by atoms with E-state index in [1.165, 1.54) is 13.2 Å². The molecule has 1 aromatic heterocycles. The lowest BCUT2D eigenvalue weighted by atomic mass is 10.3. The summed E-state index contributed by atoms with van der Waals surface area (Å²) < 4.78 is 31.2. The second-order valence-electron chi connectivity index (χ2n) is 3.89. The number of benzene rings is 1. The van der Waals surface area contributed by atoms with Gasteiger partial charge in [-0.25, -0.2) is 8.42 Å². The summed E-state index contributed by atoms with van der Waals surface area (Å²) in [6.45, 7) is 0. The van der Waals surface area contributed by atoms with Gasteiger partial charge >= 0.3 is 0 Å². The summed E-state index contributed by atoms with van der Waals surface area (Å²) in [5.74, 6) is 0.224. The maximum atomic E-state index is 12.3. The standard InChI is InChI=1S/C12H14N2O3S/c1-14-8-7-10(13-14)9-18(15,16)12-6-4-3-5-11(12)17-2/h3-8H,9H2,1-2H3. The molecule has 0 N–H and O–H groups in total. The minimum absolute atomic E-state index is 0.131. The molecule has 0 unspecified atom stereocenters. The van der Waals surface area contributed by atoms with Gasteiger partial charge < -0.3 is 4.74 Å². The van der Waals surface area contributed by atoms with E-state index >= 15 is 0 Å². The first-order valence-corrected chi connectivity index (χ1v) is 7.02. The third-order valence-electron chi connectivity index (χ3n) is 2.51. The Morgan fingerprint density at radius 2 is 2.00 bits per heavy atom. The Bertz CT molecular complexity index is 647. The molecule has 0 bridgehead atoms. The minimum Gasteiger partial charge on any atom is -0.495 e. The van der Waals surface area contributed by atoms with Crippen molar-refractivity contribution in [2.45, 2.75) is 10.6 Å². The van der Waals surface area contributed by atoms with E-state index in [1.807, 2.05) is 0 Å². The van der Waals surface area contributed by atoms with Crippen molar-refractivity contribution >= 4 is 9.84 Å². The number of sulfone groups is 1. The summed E-state index contributed by atoms with van der Waals surface area (Å²) in [4.78, 5) is 0.193. The number of aryl methyl sites for hydroxylation is 1. The van der Waals surface area contributed by atoms with Gasteiger partial charge in [-0.2, -0.15) is 5.10 Å². The smallest absolute Gasteiger partial charge is 0.187 e. The van der Waals surface area contributed by atoms with Gasteiger partial charge in [-0.1, -0.05) is 12.1 Å². The molecule has 1 aromatic carbocycles. The highest BCUT2D eigenvalue weighted by molar-refractivity contribution is 7.90. The van der Waals surface area contributed by atoms with Crippen LogP contribution in [0.3, 0.4) is 0 Å². The topological polar surface area (TPSA) is 61.2 Å². The number of aromatic nitrogens is 2. The third kappa shape index (κ3) is 2.53. The molecule has 2 aromatic rings. The van der Waals surface area contributed by atoms with E-state index in [0.717, 1.165) is 0 Å². The highest BCUT2D eigenvalue weighted by Gasteiger charge is 2.20. The van der Waals surface area contributed by atoms with Crippen molar-refractivity contribution < 1.29 is 13.2 Å². The first-order valence-electron chi connectivity index (χ1n) is 5.37. The van der Waals surface area contributed by atoms with E-state index in [1.54, 1.807) is 42.2 Å². The zero-order valence-electron chi connectivity index (χ0n) is 10.2. The number of methoxy groups -OCH3 is 1. The Morgan fingerprint density at radius 3 is 2.61 bits per heavy atom. The lowest BCUT2D eigenvalue weighted by Crippen LogP contribution is -2.07. The van der Waals surface area contributed by atoms with Crippen LogP contribution in [-0.4, -0.2) is 25.3 Å². The maximum absolute atomic E-state index is 12.3. The third-order valence-corrected chi connectivity index (χ3v) is 4.19. The molecule has 0 spiro atoms. The van der Waals surface area contributed by atoms with E-state index in [-0.39, 0.29) is 10.6 Å². The number of hydrogen-bond donors (Lipinski definition) is 0. The second kappa shape index (κ2) is 4.81. The Morgan fingerprint density at radius 1 is 1.28 bits per heavy atom. The van der Waals surface area contributed by atoms with Crippen LogP contribution >= 0.6 is 0 Å². The molecule has 18 heavy (non-hydrogen) atoms. The first-order chi connectivity index (χ1) is 8.53. The fraction of sp³-hybridized carbons (Fsp3) is 0.250. The molecule has 0 aliphatic rings. The monoisotopic (exact) mass is 266 g/mol. The van der Waals surface area contributed by atoms with Gasteiger partial charge in [0.15, 0.2) is 9.84 Å². The Balaban J connectivity index is 2.36. The van der Waals surface area contributed by atoms with Gasteiger partial charge in [0.1, 0.15) is 10.6 Å². The molecule has 0 fully saturated rings. The second-order valence-corrected chi connectivity index (χ2v) is 5.85. The van der Waals surface area contributed by atoms with Crippen molar-refractivity contribution in [3.63, 3.8) is 0 Å². The van der Waals surface area contributed by atoms with Crippen LogP contribution in [0.15, 0.2) is 41.4 Å². The van der Waals surface area contributed by atoms with E-state index in [2.05, 4.69) is 5.10 Å². The molecule has 0 aliphatic heterocycles. The average molecular weight is 266 g/mol. The van der Waals surface area contributed by atoms with Crippen molar-refractivity contribution in [3.8, 4) is 5.75 Å². The Kier molecular flexibility index (Phi) is 3.38. The maximum Gasteiger partial charge on any atom is 0.187 e. The summed E-state index contributed by atoms with van der Waals surface area (Å²) in [6, 6.07) is 8.27. The number of rotatable bonds is 4. The SMILES string of the molecule is COc1ccccc1S(=O)(=O)Cc1ccn(C)n1. The fourth-order valence-electron chi connectivity index (χ4n) is 1.69. The molecule has 0 amide bonds. The Hall–Kier alpha value is -1.82. The number of hydrogen-bond acceptors (Lipinski definition) is 4. The van der Waals surface area contributed by atoms with E-state index in [0.29, 0.717) is 11.4 Å². The van der Waals surface area contributed by atoms with Crippen LogP contribution in [-0.2, 0) is 22.6 Å². The normalized spacial score (nSPS) is 11.4. The number of nitrogens with zero attached hydrogens (tertiary/aromatic N) is 2. The summed E-state index contributed by atoms with van der Waals surface area (Å²) >= 11 is 0. The van der Waals surface area contributed by atoms with Crippen LogP contribution in [0, 0.1) is 0 Å². The summed E-state index contributed by atoms with van der Waals surface area (Å²) in [5, 5.41) is 4.07. The molecule has 2 rings (SSSR count). The fourth-order valence-corrected chi connectivity index (χ4v) is 3.13. The predicted molar refractivity (Wildman–Crippen MR) is 67.1 cm³/mol. The lowest BCUT2D eigenvalue weighted by Gasteiger charge is -2.07. The zero-order valence-corrected chi connectivity index (χ0v) is 11.0. The van der Waals surface area contributed by atoms with Gasteiger partial charge in [0.2, 0.25) is 0 Å². The first kappa shape index (κ1) is 12.6. The molecule has 6 heteroatoms. The molecule has 96 valence electrons. The van der Waals surface area contributed by atoms with Crippen molar-refractivity contribution in [2.75, 3.05) is 7.11 Å². The van der Waals surface area contributed by atoms with Crippen LogP contribution in [0.5, 0.6) is 5.75 Å². The number of ether oxygens (including phenoxy) is 1. The van der Waals surface area contributed by atoms with Crippen LogP contribution in [0.2, 0.25) is 0 Å². The molecule has 0 radical (unpaired) electrons. The van der Waals surface area contributed by atoms with Crippen molar-refractivity contribution in [2.24, 2.45) is 7.05 Å². The van der Waals surface area contributed by atoms with Gasteiger partial charge in [0.25, 0.3) is 0 Å².